The number of aryl methyl sites for hydroxylation is 1. The fourth-order valence-electron chi connectivity index (χ4n) is 6.99. The van der Waals surface area contributed by atoms with Crippen molar-refractivity contribution in [3.05, 3.63) is 107 Å². The van der Waals surface area contributed by atoms with Crippen LogP contribution in [0.2, 0.25) is 10.1 Å². The first-order chi connectivity index (χ1) is 20.4. The van der Waals surface area contributed by atoms with Gasteiger partial charge in [-0.05, 0) is 25.0 Å². The highest BCUT2D eigenvalue weighted by atomic mass is 35.5. The van der Waals surface area contributed by atoms with E-state index in [4.69, 9.17) is 16.3 Å². The standard InChI is InChI=1S/C34H41ClFN3O3Si/c1-22-20-39(21-23(2)42-22)30-26(19-27(35)29(36)28(30)31(40)32-37-17-18-38(32)6)33(41)43(34(3,4)5,24-13-9-7-10-14-24)25-15-11-8-12-16-25/h7-19,22-23,31,33,40-41H,20-21H2,1-6H3/t22-,23+,31?,33?. The molecule has 5 rings (SSSR count). The maximum atomic E-state index is 16.3. The highest BCUT2D eigenvalue weighted by Gasteiger charge is 2.54. The Morgan fingerprint density at radius 3 is 1.98 bits per heavy atom. The van der Waals surface area contributed by atoms with Crippen molar-refractivity contribution < 1.29 is 19.3 Å². The first kappa shape index (κ1) is 31.4. The van der Waals surface area contributed by atoms with Crippen molar-refractivity contribution in [2.75, 3.05) is 18.0 Å². The Labute approximate surface area is 259 Å². The van der Waals surface area contributed by atoms with Gasteiger partial charge in [0, 0.05) is 43.7 Å². The van der Waals surface area contributed by atoms with Crippen LogP contribution in [0.1, 0.15) is 63.4 Å². The summed E-state index contributed by atoms with van der Waals surface area (Å²) in [6.45, 7) is 11.3. The topological polar surface area (TPSA) is 70.8 Å². The van der Waals surface area contributed by atoms with Gasteiger partial charge in [-0.25, -0.2) is 9.37 Å². The van der Waals surface area contributed by atoms with Crippen LogP contribution in [0.15, 0.2) is 79.1 Å². The van der Waals surface area contributed by atoms with Gasteiger partial charge in [-0.1, -0.05) is 103 Å². The quantitative estimate of drug-likeness (QED) is 0.265. The van der Waals surface area contributed by atoms with Gasteiger partial charge in [-0.2, -0.15) is 0 Å². The summed E-state index contributed by atoms with van der Waals surface area (Å²) < 4.78 is 24.1. The molecule has 2 unspecified atom stereocenters. The van der Waals surface area contributed by atoms with E-state index in [1.165, 1.54) is 0 Å². The molecular formula is C34H41ClFN3O3Si. The summed E-state index contributed by atoms with van der Waals surface area (Å²) in [5, 5.41) is 26.4. The lowest BCUT2D eigenvalue weighted by Crippen LogP contribution is -2.68. The van der Waals surface area contributed by atoms with Gasteiger partial charge in [0.05, 0.1) is 28.6 Å². The number of ether oxygens (including phenoxy) is 1. The monoisotopic (exact) mass is 621 g/mol. The average Bonchev–Trinajstić information content (AvgIpc) is 3.39. The van der Waals surface area contributed by atoms with E-state index in [1.807, 2.05) is 55.1 Å². The van der Waals surface area contributed by atoms with Crippen LogP contribution in [0.4, 0.5) is 10.1 Å². The van der Waals surface area contributed by atoms with Crippen molar-refractivity contribution in [1.29, 1.82) is 0 Å². The number of benzene rings is 3. The number of hydrogen-bond acceptors (Lipinski definition) is 5. The fourth-order valence-corrected chi connectivity index (χ4v) is 12.9. The van der Waals surface area contributed by atoms with Gasteiger partial charge >= 0.3 is 0 Å². The molecule has 1 saturated heterocycles. The Morgan fingerprint density at radius 2 is 1.51 bits per heavy atom. The molecule has 1 aromatic heterocycles. The zero-order valence-corrected chi connectivity index (χ0v) is 27.4. The van der Waals surface area contributed by atoms with Crippen molar-refractivity contribution in [2.45, 2.75) is 63.7 Å². The number of aliphatic hydroxyl groups is 2. The van der Waals surface area contributed by atoms with E-state index in [1.54, 1.807) is 30.1 Å². The molecule has 0 amide bonds. The summed E-state index contributed by atoms with van der Waals surface area (Å²) in [7, 11) is -1.43. The Morgan fingerprint density at radius 1 is 0.977 bits per heavy atom. The van der Waals surface area contributed by atoms with Gasteiger partial charge in [0.2, 0.25) is 0 Å². The summed E-state index contributed by atoms with van der Waals surface area (Å²) >= 11 is 6.68. The number of halogens is 2. The summed E-state index contributed by atoms with van der Waals surface area (Å²) in [6, 6.07) is 21.8. The maximum absolute atomic E-state index is 16.3. The van der Waals surface area contributed by atoms with Crippen molar-refractivity contribution in [1.82, 2.24) is 9.55 Å². The Bertz CT molecular complexity index is 1510. The van der Waals surface area contributed by atoms with E-state index in [2.05, 4.69) is 50.0 Å². The molecule has 4 aromatic rings. The molecule has 2 N–H and O–H groups in total. The zero-order valence-electron chi connectivity index (χ0n) is 25.6. The van der Waals surface area contributed by atoms with E-state index in [-0.39, 0.29) is 28.6 Å². The van der Waals surface area contributed by atoms with Crippen LogP contribution >= 0.6 is 11.6 Å². The Hall–Kier alpha value is -3.01. The van der Waals surface area contributed by atoms with E-state index >= 15 is 4.39 Å². The van der Waals surface area contributed by atoms with E-state index in [9.17, 15) is 10.2 Å². The molecule has 1 aliphatic rings. The van der Waals surface area contributed by atoms with Gasteiger partial charge in [-0.3, -0.25) is 0 Å². The molecule has 228 valence electrons. The molecule has 1 fully saturated rings. The minimum Gasteiger partial charge on any atom is -0.391 e. The van der Waals surface area contributed by atoms with Gasteiger partial charge in [-0.15, -0.1) is 0 Å². The Kier molecular flexibility index (Phi) is 8.89. The summed E-state index contributed by atoms with van der Waals surface area (Å²) in [5.41, 5.74) is -0.119. The molecule has 0 radical (unpaired) electrons. The highest BCUT2D eigenvalue weighted by Crippen LogP contribution is 2.49. The van der Waals surface area contributed by atoms with E-state index < -0.39 is 30.8 Å². The lowest BCUT2D eigenvalue weighted by molar-refractivity contribution is -0.00553. The number of aliphatic hydroxyl groups excluding tert-OH is 2. The molecule has 0 saturated carbocycles. The normalized spacial score (nSPS) is 19.3. The number of rotatable bonds is 7. The third-order valence-corrected chi connectivity index (χ3v) is 15.0. The maximum Gasteiger partial charge on any atom is 0.159 e. The van der Waals surface area contributed by atoms with Gasteiger partial charge in [0.25, 0.3) is 0 Å². The number of nitrogens with zero attached hydrogens (tertiary/aromatic N) is 3. The second-order valence-corrected chi connectivity index (χ2v) is 17.9. The molecule has 1 aliphatic heterocycles. The van der Waals surface area contributed by atoms with E-state index in [0.717, 1.165) is 10.4 Å². The molecule has 0 aliphatic carbocycles. The summed E-state index contributed by atoms with van der Waals surface area (Å²) in [4.78, 5) is 6.38. The van der Waals surface area contributed by atoms with Crippen LogP contribution in [0, 0.1) is 5.82 Å². The molecule has 6 nitrogen and oxygen atoms in total. The molecule has 9 heteroatoms. The van der Waals surface area contributed by atoms with Crippen molar-refractivity contribution in [2.24, 2.45) is 7.05 Å². The van der Waals surface area contributed by atoms with Crippen LogP contribution in [0.5, 0.6) is 0 Å². The number of imidazole rings is 1. The Balaban J connectivity index is 1.87. The second-order valence-electron chi connectivity index (χ2n) is 12.7. The highest BCUT2D eigenvalue weighted by molar-refractivity contribution is 7.04. The van der Waals surface area contributed by atoms with Gasteiger partial charge in [0.15, 0.2) is 8.07 Å². The van der Waals surface area contributed by atoms with Crippen LogP contribution < -0.4 is 15.3 Å². The number of aromatic nitrogens is 2. The third kappa shape index (κ3) is 5.55. The third-order valence-electron chi connectivity index (χ3n) is 8.72. The van der Waals surface area contributed by atoms with Crippen molar-refractivity contribution >= 4 is 35.7 Å². The zero-order chi connectivity index (χ0) is 31.1. The number of morpholine rings is 1. The van der Waals surface area contributed by atoms with Crippen LogP contribution in [0.25, 0.3) is 0 Å². The predicted molar refractivity (Wildman–Crippen MR) is 173 cm³/mol. The van der Waals surface area contributed by atoms with Gasteiger partial charge in [0.1, 0.15) is 17.7 Å². The van der Waals surface area contributed by atoms with Crippen LogP contribution in [-0.4, -0.2) is 53.1 Å². The second kappa shape index (κ2) is 12.2. The molecule has 2 heterocycles. The predicted octanol–water partition coefficient (Wildman–Crippen LogP) is 5.54. The largest absolute Gasteiger partial charge is 0.391 e. The number of anilines is 1. The SMILES string of the molecule is C[C@@H]1CN(c2c(C(O)[Si](c3ccccc3)(c3ccccc3)C(C)(C)C)cc(Cl)c(F)c2C(O)c2nccn2C)C[C@H](C)O1. The van der Waals surface area contributed by atoms with Crippen LogP contribution in [-0.2, 0) is 11.8 Å². The summed E-state index contributed by atoms with van der Waals surface area (Å²) in [5.74, 6) is -0.444. The fraction of sp³-hybridized carbons (Fsp3) is 0.382. The minimum absolute atomic E-state index is 0.00934. The molecular weight excluding hydrogens is 581 g/mol. The van der Waals surface area contributed by atoms with Crippen LogP contribution in [0.3, 0.4) is 0 Å². The smallest absolute Gasteiger partial charge is 0.159 e. The summed E-state index contributed by atoms with van der Waals surface area (Å²) in [6.07, 6.45) is 1.54. The first-order valence-corrected chi connectivity index (χ1v) is 17.2. The lowest BCUT2D eigenvalue weighted by Gasteiger charge is -2.48. The molecule has 3 aromatic carbocycles. The number of hydrogen-bond donors (Lipinski definition) is 2. The van der Waals surface area contributed by atoms with Crippen molar-refractivity contribution in [3.63, 3.8) is 0 Å². The first-order valence-electron chi connectivity index (χ1n) is 14.7. The molecule has 0 bridgehead atoms. The average molecular weight is 622 g/mol. The molecule has 0 spiro atoms. The lowest BCUT2D eigenvalue weighted by atomic mass is 9.98. The minimum atomic E-state index is -3.18. The van der Waals surface area contributed by atoms with Crippen molar-refractivity contribution in [3.8, 4) is 0 Å². The van der Waals surface area contributed by atoms with E-state index in [0.29, 0.717) is 24.3 Å². The molecule has 43 heavy (non-hydrogen) atoms. The van der Waals surface area contributed by atoms with Gasteiger partial charge < -0.3 is 24.4 Å². The molecule has 4 atom stereocenters.